The maximum absolute atomic E-state index is 6.14. The van der Waals surface area contributed by atoms with Gasteiger partial charge in [0.25, 0.3) is 0 Å². The highest BCUT2D eigenvalue weighted by Gasteiger charge is 2.50. The van der Waals surface area contributed by atoms with Crippen LogP contribution in [0.1, 0.15) is 44.9 Å². The van der Waals surface area contributed by atoms with Crippen molar-refractivity contribution < 1.29 is 9.47 Å². The normalized spacial score (nSPS) is 37.4. The van der Waals surface area contributed by atoms with Gasteiger partial charge in [-0.3, -0.25) is 0 Å². The first-order valence-corrected chi connectivity index (χ1v) is 8.68. The number of ether oxygens (including phenoxy) is 2. The fourth-order valence-corrected chi connectivity index (χ4v) is 5.18. The molecule has 2 heterocycles. The molecular weight excluding hydrogens is 264 g/mol. The molecule has 3 aliphatic rings. The molecule has 3 atom stereocenters. The zero-order valence-corrected chi connectivity index (χ0v) is 14.0. The van der Waals surface area contributed by atoms with Crippen molar-refractivity contribution in [1.82, 2.24) is 10.2 Å². The zero-order valence-electron chi connectivity index (χ0n) is 14.0. The lowest BCUT2D eigenvalue weighted by atomic mass is 9.72. The number of hydrogen-bond acceptors (Lipinski definition) is 4. The molecule has 2 saturated heterocycles. The number of likely N-dealkylation sites (N-methyl/N-ethyl adjacent to an activating group) is 2. The summed E-state index contributed by atoms with van der Waals surface area (Å²) in [5.74, 6) is 0.700. The highest BCUT2D eigenvalue weighted by atomic mass is 16.6. The van der Waals surface area contributed by atoms with Crippen molar-refractivity contribution in [2.45, 2.75) is 62.1 Å². The molecule has 122 valence electrons. The fourth-order valence-electron chi connectivity index (χ4n) is 5.18. The first kappa shape index (κ1) is 15.7. The summed E-state index contributed by atoms with van der Waals surface area (Å²) in [7, 11) is 6.69. The smallest absolute Gasteiger partial charge is 0.0939 e. The molecule has 3 rings (SSSR count). The Labute approximate surface area is 129 Å². The molecule has 0 aromatic rings. The highest BCUT2D eigenvalue weighted by molar-refractivity contribution is 5.06. The maximum Gasteiger partial charge on any atom is 0.0939 e. The summed E-state index contributed by atoms with van der Waals surface area (Å²) in [5.41, 5.74) is 0.349. The predicted molar refractivity (Wildman–Crippen MR) is 84.6 cm³/mol. The Morgan fingerprint density at radius 3 is 2.48 bits per heavy atom. The standard InChI is InChI=1S/C17H32N2O2/c1-18-15(17(19(2)3)7-4-5-8-17)14-6-10-21-16(12-14)9-11-20-13-16/h14-15,18H,4-13H2,1-3H3. The summed E-state index contributed by atoms with van der Waals surface area (Å²) in [5, 5.41) is 3.70. The molecule has 21 heavy (non-hydrogen) atoms. The molecule has 1 spiro atoms. The van der Waals surface area contributed by atoms with Gasteiger partial charge in [0.2, 0.25) is 0 Å². The van der Waals surface area contributed by atoms with Crippen molar-refractivity contribution in [3.05, 3.63) is 0 Å². The van der Waals surface area contributed by atoms with Gasteiger partial charge in [-0.1, -0.05) is 12.8 Å². The average molecular weight is 296 g/mol. The maximum atomic E-state index is 6.14. The highest BCUT2D eigenvalue weighted by Crippen LogP contribution is 2.44. The van der Waals surface area contributed by atoms with Crippen LogP contribution in [0.2, 0.25) is 0 Å². The van der Waals surface area contributed by atoms with Crippen molar-refractivity contribution in [3.63, 3.8) is 0 Å². The van der Waals surface area contributed by atoms with Gasteiger partial charge in [0.05, 0.1) is 12.2 Å². The van der Waals surface area contributed by atoms with Gasteiger partial charge in [0, 0.05) is 31.2 Å². The SMILES string of the molecule is CNC(C1CCOC2(CCOC2)C1)C1(N(C)C)CCCC1. The van der Waals surface area contributed by atoms with Gasteiger partial charge in [-0.05, 0) is 52.7 Å². The lowest BCUT2D eigenvalue weighted by Gasteiger charge is -2.50. The molecule has 1 saturated carbocycles. The van der Waals surface area contributed by atoms with Gasteiger partial charge in [-0.25, -0.2) is 0 Å². The lowest BCUT2D eigenvalue weighted by Crippen LogP contribution is -2.61. The molecule has 0 amide bonds. The summed E-state index contributed by atoms with van der Waals surface area (Å²) < 4.78 is 11.8. The molecule has 3 fully saturated rings. The van der Waals surface area contributed by atoms with Crippen molar-refractivity contribution in [3.8, 4) is 0 Å². The monoisotopic (exact) mass is 296 g/mol. The van der Waals surface area contributed by atoms with E-state index < -0.39 is 0 Å². The third kappa shape index (κ3) is 2.76. The largest absolute Gasteiger partial charge is 0.378 e. The number of hydrogen-bond donors (Lipinski definition) is 1. The second-order valence-electron chi connectivity index (χ2n) is 7.56. The minimum absolute atomic E-state index is 0.0180. The molecule has 0 radical (unpaired) electrons. The second kappa shape index (κ2) is 6.15. The minimum Gasteiger partial charge on any atom is -0.378 e. The van der Waals surface area contributed by atoms with Crippen LogP contribution in [0.3, 0.4) is 0 Å². The summed E-state index contributed by atoms with van der Waals surface area (Å²) in [6.07, 6.45) is 8.81. The Hall–Kier alpha value is -0.160. The Balaban J connectivity index is 1.78. The van der Waals surface area contributed by atoms with E-state index >= 15 is 0 Å². The third-order valence-electron chi connectivity index (χ3n) is 6.32. The summed E-state index contributed by atoms with van der Waals surface area (Å²) in [6.45, 7) is 2.57. The molecule has 1 N–H and O–H groups in total. The second-order valence-corrected chi connectivity index (χ2v) is 7.56. The van der Waals surface area contributed by atoms with Gasteiger partial charge < -0.3 is 19.7 Å². The first-order chi connectivity index (χ1) is 10.1. The van der Waals surface area contributed by atoms with E-state index in [1.54, 1.807) is 0 Å². The van der Waals surface area contributed by atoms with Gasteiger partial charge in [-0.15, -0.1) is 0 Å². The van der Waals surface area contributed by atoms with Crippen LogP contribution in [-0.2, 0) is 9.47 Å². The lowest BCUT2D eigenvalue weighted by molar-refractivity contribution is -0.111. The van der Waals surface area contributed by atoms with E-state index in [2.05, 4.69) is 31.4 Å². The summed E-state index contributed by atoms with van der Waals surface area (Å²) in [6, 6.07) is 0.566. The van der Waals surface area contributed by atoms with Crippen LogP contribution < -0.4 is 5.32 Å². The number of rotatable bonds is 4. The quantitative estimate of drug-likeness (QED) is 0.861. The number of nitrogens with one attached hydrogen (secondary N) is 1. The van der Waals surface area contributed by atoms with Crippen molar-refractivity contribution in [2.24, 2.45) is 5.92 Å². The number of nitrogens with zero attached hydrogens (tertiary/aromatic N) is 1. The van der Waals surface area contributed by atoms with Crippen LogP contribution in [0.15, 0.2) is 0 Å². The van der Waals surface area contributed by atoms with E-state index in [1.807, 2.05) is 0 Å². The first-order valence-electron chi connectivity index (χ1n) is 8.68. The fraction of sp³-hybridized carbons (Fsp3) is 1.00. The van der Waals surface area contributed by atoms with Gasteiger partial charge in [-0.2, -0.15) is 0 Å². The van der Waals surface area contributed by atoms with Gasteiger partial charge in [0.1, 0.15) is 0 Å². The zero-order chi connectivity index (χ0) is 14.9. The van der Waals surface area contributed by atoms with Crippen LogP contribution in [-0.4, -0.2) is 63.0 Å². The molecular formula is C17H32N2O2. The molecule has 0 bridgehead atoms. The summed E-state index contributed by atoms with van der Waals surface area (Å²) in [4.78, 5) is 2.49. The van der Waals surface area contributed by atoms with E-state index in [-0.39, 0.29) is 5.60 Å². The molecule has 1 aliphatic carbocycles. The molecule has 4 heteroatoms. The van der Waals surface area contributed by atoms with E-state index in [9.17, 15) is 0 Å². The molecule has 2 aliphatic heterocycles. The Bertz CT molecular complexity index is 347. The van der Waals surface area contributed by atoms with E-state index in [1.165, 1.54) is 32.1 Å². The molecule has 3 unspecified atom stereocenters. The van der Waals surface area contributed by atoms with Crippen LogP contribution in [0.25, 0.3) is 0 Å². The molecule has 4 nitrogen and oxygen atoms in total. The Kier molecular flexibility index (Phi) is 4.60. The van der Waals surface area contributed by atoms with Crippen molar-refractivity contribution in [1.29, 1.82) is 0 Å². The van der Waals surface area contributed by atoms with Gasteiger partial charge in [0.15, 0.2) is 0 Å². The van der Waals surface area contributed by atoms with Crippen LogP contribution in [0, 0.1) is 5.92 Å². The average Bonchev–Trinajstić information content (AvgIpc) is 3.11. The van der Waals surface area contributed by atoms with E-state index in [0.717, 1.165) is 32.7 Å². The Morgan fingerprint density at radius 2 is 1.90 bits per heavy atom. The van der Waals surface area contributed by atoms with Crippen LogP contribution in [0.4, 0.5) is 0 Å². The Morgan fingerprint density at radius 1 is 1.14 bits per heavy atom. The van der Waals surface area contributed by atoms with Crippen molar-refractivity contribution in [2.75, 3.05) is 41.0 Å². The van der Waals surface area contributed by atoms with E-state index in [4.69, 9.17) is 9.47 Å². The topological polar surface area (TPSA) is 33.7 Å². The van der Waals surface area contributed by atoms with Gasteiger partial charge >= 0.3 is 0 Å². The third-order valence-corrected chi connectivity index (χ3v) is 6.32. The minimum atomic E-state index is 0.0180. The summed E-state index contributed by atoms with van der Waals surface area (Å²) >= 11 is 0. The van der Waals surface area contributed by atoms with Crippen LogP contribution in [0.5, 0.6) is 0 Å². The van der Waals surface area contributed by atoms with Crippen LogP contribution >= 0.6 is 0 Å². The predicted octanol–water partition coefficient (Wildman–Crippen LogP) is 2.03. The molecule has 0 aromatic heterocycles. The molecule has 0 aromatic carbocycles. The van der Waals surface area contributed by atoms with E-state index in [0.29, 0.717) is 17.5 Å². The van der Waals surface area contributed by atoms with Crippen molar-refractivity contribution >= 4 is 0 Å².